The number of amides is 2. The molecule has 2 N–H and O–H groups in total. The van der Waals surface area contributed by atoms with Crippen molar-refractivity contribution in [3.8, 4) is 5.75 Å². The van der Waals surface area contributed by atoms with Crippen molar-refractivity contribution >= 4 is 11.8 Å². The summed E-state index contributed by atoms with van der Waals surface area (Å²) in [7, 11) is 1.60. The predicted octanol–water partition coefficient (Wildman–Crippen LogP) is 1.89. The Balaban J connectivity index is 1.93. The molecule has 2 aliphatic rings. The minimum atomic E-state index is -0.570. The quantitative estimate of drug-likeness (QED) is 0.906. The summed E-state index contributed by atoms with van der Waals surface area (Å²) in [5, 5.41) is 0. The number of piperidine rings is 1. The summed E-state index contributed by atoms with van der Waals surface area (Å²) in [4.78, 5) is 27.2. The van der Waals surface area contributed by atoms with Crippen LogP contribution in [0.4, 0.5) is 0 Å². The van der Waals surface area contributed by atoms with E-state index in [9.17, 15) is 9.59 Å². The fourth-order valence-electron chi connectivity index (χ4n) is 4.33. The van der Waals surface area contributed by atoms with Crippen LogP contribution in [-0.2, 0) is 9.53 Å². The lowest BCUT2D eigenvalue weighted by Gasteiger charge is -2.50. The van der Waals surface area contributed by atoms with E-state index in [4.69, 9.17) is 15.2 Å². The second-order valence-electron chi connectivity index (χ2n) is 7.06. The Bertz CT molecular complexity index is 662. The molecule has 0 radical (unpaired) electrons. The van der Waals surface area contributed by atoms with Crippen LogP contribution in [0.1, 0.15) is 41.6 Å². The smallest absolute Gasteiger partial charge is 0.254 e. The molecule has 1 aromatic carbocycles. The summed E-state index contributed by atoms with van der Waals surface area (Å²) in [6.45, 7) is 3.67. The number of hydrogen-bond donors (Lipinski definition) is 1. The molecule has 136 valence electrons. The van der Waals surface area contributed by atoms with E-state index < -0.39 is 11.9 Å². The number of ether oxygens (including phenoxy) is 2. The maximum Gasteiger partial charge on any atom is 0.254 e. The molecule has 25 heavy (non-hydrogen) atoms. The molecule has 2 aliphatic heterocycles. The van der Waals surface area contributed by atoms with Crippen molar-refractivity contribution in [2.75, 3.05) is 26.9 Å². The van der Waals surface area contributed by atoms with Crippen molar-refractivity contribution in [1.29, 1.82) is 0 Å². The third-order valence-electron chi connectivity index (χ3n) is 5.65. The Kier molecular flexibility index (Phi) is 4.99. The van der Waals surface area contributed by atoms with E-state index in [-0.39, 0.29) is 11.3 Å². The summed E-state index contributed by atoms with van der Waals surface area (Å²) in [5.41, 5.74) is 6.94. The third-order valence-corrected chi connectivity index (χ3v) is 5.65. The summed E-state index contributed by atoms with van der Waals surface area (Å²) < 4.78 is 10.7. The molecule has 1 unspecified atom stereocenters. The number of hydrogen-bond acceptors (Lipinski definition) is 4. The molecule has 2 heterocycles. The van der Waals surface area contributed by atoms with Crippen molar-refractivity contribution < 1.29 is 19.1 Å². The van der Waals surface area contributed by atoms with Crippen LogP contribution in [0, 0.1) is 12.3 Å². The van der Waals surface area contributed by atoms with Gasteiger partial charge in [0.05, 0.1) is 7.11 Å². The topological polar surface area (TPSA) is 81.9 Å². The van der Waals surface area contributed by atoms with E-state index in [0.29, 0.717) is 31.1 Å². The molecule has 2 fully saturated rings. The number of likely N-dealkylation sites (tertiary alicyclic amines) is 1. The van der Waals surface area contributed by atoms with E-state index >= 15 is 0 Å². The highest BCUT2D eigenvalue weighted by Gasteiger charge is 2.50. The number of nitrogens with zero attached hydrogens (tertiary/aromatic N) is 1. The van der Waals surface area contributed by atoms with Gasteiger partial charge in [0.15, 0.2) is 0 Å². The Labute approximate surface area is 148 Å². The lowest BCUT2D eigenvalue weighted by atomic mass is 9.67. The van der Waals surface area contributed by atoms with Crippen LogP contribution in [0.25, 0.3) is 0 Å². The van der Waals surface area contributed by atoms with Crippen molar-refractivity contribution in [3.63, 3.8) is 0 Å². The Morgan fingerprint density at radius 3 is 2.60 bits per heavy atom. The van der Waals surface area contributed by atoms with Crippen molar-refractivity contribution in [3.05, 3.63) is 29.3 Å². The van der Waals surface area contributed by atoms with Gasteiger partial charge in [-0.05, 0) is 56.4 Å². The lowest BCUT2D eigenvalue weighted by Crippen LogP contribution is -2.61. The first kappa shape index (κ1) is 17.7. The Hall–Kier alpha value is -2.08. The zero-order valence-electron chi connectivity index (χ0n) is 14.9. The summed E-state index contributed by atoms with van der Waals surface area (Å²) >= 11 is 0. The molecule has 6 nitrogen and oxygen atoms in total. The molecule has 0 saturated carbocycles. The van der Waals surface area contributed by atoms with Gasteiger partial charge in [-0.1, -0.05) is 0 Å². The van der Waals surface area contributed by atoms with Crippen LogP contribution < -0.4 is 10.5 Å². The number of carbonyl (C=O) groups is 2. The zero-order chi connectivity index (χ0) is 18.0. The predicted molar refractivity (Wildman–Crippen MR) is 93.5 cm³/mol. The molecule has 1 spiro atoms. The maximum absolute atomic E-state index is 13.2. The minimum absolute atomic E-state index is 0.130. The van der Waals surface area contributed by atoms with E-state index in [1.165, 1.54) is 0 Å². The normalized spacial score (nSPS) is 22.6. The van der Waals surface area contributed by atoms with Crippen molar-refractivity contribution in [2.24, 2.45) is 11.1 Å². The van der Waals surface area contributed by atoms with Crippen LogP contribution in [-0.4, -0.2) is 49.6 Å². The Morgan fingerprint density at radius 2 is 2.00 bits per heavy atom. The standard InChI is InChI=1S/C19H26N2O4/c1-13-12-14(24-2)4-5-15(13)18(23)21-9-3-6-19(16(21)17(20)22)7-10-25-11-8-19/h4-5,12,16H,3,6-11H2,1-2H3,(H2,20,22). The fraction of sp³-hybridized carbons (Fsp3) is 0.579. The second kappa shape index (κ2) is 7.04. The van der Waals surface area contributed by atoms with Crippen LogP contribution >= 0.6 is 0 Å². The number of benzene rings is 1. The van der Waals surface area contributed by atoms with Gasteiger partial charge in [-0.3, -0.25) is 9.59 Å². The molecule has 0 bridgehead atoms. The molecule has 0 aliphatic carbocycles. The fourth-order valence-corrected chi connectivity index (χ4v) is 4.33. The highest BCUT2D eigenvalue weighted by molar-refractivity contribution is 5.99. The van der Waals surface area contributed by atoms with Gasteiger partial charge in [0, 0.05) is 30.7 Å². The molecule has 2 saturated heterocycles. The molecular weight excluding hydrogens is 320 g/mol. The summed E-state index contributed by atoms with van der Waals surface area (Å²) in [6.07, 6.45) is 3.33. The third kappa shape index (κ3) is 3.23. The Morgan fingerprint density at radius 1 is 1.28 bits per heavy atom. The maximum atomic E-state index is 13.2. The number of aryl methyl sites for hydroxylation is 1. The molecule has 1 aromatic rings. The molecule has 2 amide bonds. The van der Waals surface area contributed by atoms with Gasteiger partial charge < -0.3 is 20.1 Å². The van der Waals surface area contributed by atoms with Gasteiger partial charge in [-0.15, -0.1) is 0 Å². The number of methoxy groups -OCH3 is 1. The first-order chi connectivity index (χ1) is 12.0. The van der Waals surface area contributed by atoms with E-state index in [2.05, 4.69) is 0 Å². The van der Waals surface area contributed by atoms with E-state index in [1.807, 2.05) is 13.0 Å². The summed E-state index contributed by atoms with van der Waals surface area (Å²) in [5.74, 6) is 0.163. The molecule has 0 aromatic heterocycles. The van der Waals surface area contributed by atoms with Gasteiger partial charge in [0.1, 0.15) is 11.8 Å². The molecule has 3 rings (SSSR count). The average molecular weight is 346 g/mol. The monoisotopic (exact) mass is 346 g/mol. The number of carbonyl (C=O) groups excluding carboxylic acids is 2. The molecular formula is C19H26N2O4. The van der Waals surface area contributed by atoms with Crippen LogP contribution in [0.2, 0.25) is 0 Å². The van der Waals surface area contributed by atoms with Crippen molar-refractivity contribution in [2.45, 2.75) is 38.6 Å². The molecule has 1 atom stereocenters. The second-order valence-corrected chi connectivity index (χ2v) is 7.06. The molecule has 6 heteroatoms. The van der Waals surface area contributed by atoms with Gasteiger partial charge in [-0.25, -0.2) is 0 Å². The number of rotatable bonds is 3. The number of primary amides is 1. The zero-order valence-corrected chi connectivity index (χ0v) is 14.9. The van der Waals surface area contributed by atoms with Gasteiger partial charge in [0.25, 0.3) is 5.91 Å². The van der Waals surface area contributed by atoms with E-state index in [0.717, 1.165) is 31.2 Å². The van der Waals surface area contributed by atoms with Crippen LogP contribution in [0.15, 0.2) is 18.2 Å². The van der Waals surface area contributed by atoms with Crippen molar-refractivity contribution in [1.82, 2.24) is 4.90 Å². The largest absolute Gasteiger partial charge is 0.497 e. The lowest BCUT2D eigenvalue weighted by molar-refractivity contribution is -0.134. The van der Waals surface area contributed by atoms with E-state index in [1.54, 1.807) is 24.1 Å². The first-order valence-electron chi connectivity index (χ1n) is 8.81. The first-order valence-corrected chi connectivity index (χ1v) is 8.81. The van der Waals surface area contributed by atoms with Gasteiger partial charge in [0.2, 0.25) is 5.91 Å². The van der Waals surface area contributed by atoms with Gasteiger partial charge in [-0.2, -0.15) is 0 Å². The minimum Gasteiger partial charge on any atom is -0.497 e. The van der Waals surface area contributed by atoms with Crippen LogP contribution in [0.5, 0.6) is 5.75 Å². The average Bonchev–Trinajstić information content (AvgIpc) is 2.61. The summed E-state index contributed by atoms with van der Waals surface area (Å²) in [6, 6.07) is 4.80. The SMILES string of the molecule is COc1ccc(C(=O)N2CCCC3(CCOCC3)C2C(N)=O)c(C)c1. The highest BCUT2D eigenvalue weighted by Crippen LogP contribution is 2.44. The highest BCUT2D eigenvalue weighted by atomic mass is 16.5. The van der Waals surface area contributed by atoms with Crippen LogP contribution in [0.3, 0.4) is 0 Å². The van der Waals surface area contributed by atoms with Gasteiger partial charge >= 0.3 is 0 Å². The number of nitrogens with two attached hydrogens (primary N) is 1.